The normalized spacial score (nSPS) is 20.0. The highest BCUT2D eigenvalue weighted by Gasteiger charge is 2.47. The average Bonchev–Trinajstić information content (AvgIpc) is 3.49. The number of ether oxygens (including phenoxy) is 1. The quantitative estimate of drug-likeness (QED) is 0.116. The molecule has 0 saturated heterocycles. The minimum atomic E-state index is -1.25. The van der Waals surface area contributed by atoms with Gasteiger partial charge in [0.2, 0.25) is 5.82 Å². The molecule has 0 aliphatic heterocycles. The van der Waals surface area contributed by atoms with Crippen molar-refractivity contribution in [3.63, 3.8) is 0 Å². The molecule has 50 heavy (non-hydrogen) atoms. The summed E-state index contributed by atoms with van der Waals surface area (Å²) < 4.78 is 7.56. The van der Waals surface area contributed by atoms with E-state index in [9.17, 15) is 30.0 Å². The summed E-state index contributed by atoms with van der Waals surface area (Å²) in [5, 5.41) is 56.8. The molecule has 0 bridgehead atoms. The summed E-state index contributed by atoms with van der Waals surface area (Å²) in [4.78, 5) is 25.8. The van der Waals surface area contributed by atoms with Crippen molar-refractivity contribution >= 4 is 11.8 Å². The molecule has 2 amide bonds. The van der Waals surface area contributed by atoms with Crippen LogP contribution in [0.3, 0.4) is 0 Å². The van der Waals surface area contributed by atoms with Crippen molar-refractivity contribution in [2.24, 2.45) is 11.3 Å². The molecule has 3 aromatic carbocycles. The molecular formula is C38H47N5O7. The first-order valence-electron chi connectivity index (χ1n) is 17.0. The number of nitrogens with zero attached hydrogens (tertiary/aromatic N) is 3. The Hall–Kier alpha value is -4.94. The second kappa shape index (κ2) is 14.5. The largest absolute Gasteiger partial charge is 0.508 e. The summed E-state index contributed by atoms with van der Waals surface area (Å²) in [6.45, 7) is 12.5. The molecule has 12 nitrogen and oxygen atoms in total. The van der Waals surface area contributed by atoms with Crippen molar-refractivity contribution in [3.8, 4) is 40.1 Å². The zero-order valence-electron chi connectivity index (χ0n) is 29.4. The Balaban J connectivity index is 1.29. The van der Waals surface area contributed by atoms with E-state index in [0.717, 1.165) is 0 Å². The van der Waals surface area contributed by atoms with Crippen LogP contribution in [0, 0.1) is 11.3 Å². The van der Waals surface area contributed by atoms with Gasteiger partial charge in [0, 0.05) is 30.4 Å². The van der Waals surface area contributed by atoms with Crippen LogP contribution in [0.25, 0.3) is 17.1 Å². The lowest BCUT2D eigenvalue weighted by Crippen LogP contribution is -2.54. The van der Waals surface area contributed by atoms with Crippen LogP contribution in [0.15, 0.2) is 60.7 Å². The van der Waals surface area contributed by atoms with E-state index in [4.69, 9.17) is 4.74 Å². The molecule has 1 aliphatic carbocycles. The van der Waals surface area contributed by atoms with Crippen LogP contribution in [0.5, 0.6) is 23.0 Å². The molecule has 1 aliphatic rings. The number of nitrogens with one attached hydrogen (secondary N) is 2. The van der Waals surface area contributed by atoms with Gasteiger partial charge in [0.25, 0.3) is 11.8 Å². The van der Waals surface area contributed by atoms with E-state index in [2.05, 4.69) is 41.6 Å². The van der Waals surface area contributed by atoms with Crippen LogP contribution in [0.2, 0.25) is 0 Å². The summed E-state index contributed by atoms with van der Waals surface area (Å²) in [5.41, 5.74) is 0.510. The predicted molar refractivity (Wildman–Crippen MR) is 189 cm³/mol. The fraction of sp³-hybridized carbons (Fsp3) is 0.421. The number of aliphatic hydroxyl groups excluding tert-OH is 1. The number of carbonyl (C=O) groups is 2. The number of hydrogen-bond acceptors (Lipinski definition) is 9. The van der Waals surface area contributed by atoms with Gasteiger partial charge in [-0.15, -0.1) is 10.2 Å². The number of amides is 2. The first-order valence-corrected chi connectivity index (χ1v) is 17.0. The number of rotatable bonds is 11. The first kappa shape index (κ1) is 36.3. The van der Waals surface area contributed by atoms with Crippen LogP contribution >= 0.6 is 0 Å². The third kappa shape index (κ3) is 7.61. The number of benzene rings is 3. The van der Waals surface area contributed by atoms with Gasteiger partial charge in [0.1, 0.15) is 23.0 Å². The maximum Gasteiger partial charge on any atom is 0.289 e. The van der Waals surface area contributed by atoms with Crippen LogP contribution in [-0.2, 0) is 0 Å². The molecule has 6 N–H and O–H groups in total. The Labute approximate surface area is 292 Å². The van der Waals surface area contributed by atoms with E-state index in [1.54, 1.807) is 61.5 Å². The molecule has 266 valence electrons. The molecule has 5 rings (SSSR count). The first-order chi connectivity index (χ1) is 23.6. The molecule has 4 aromatic rings. The molecule has 0 spiro atoms. The highest BCUT2D eigenvalue weighted by Crippen LogP contribution is 2.46. The standard InChI is InChI=1S/C38H47N5O7/c1-7-39-36(48)34-42-41-33(29-19-28(22(2)3)30(44)20-31(29)45)43(34)25-10-14-27(15-11-25)50-26-12-8-24(9-13-26)35(47)40-17-16-38(49)21-37(5,6)23(4)18-32(38)46/h8-15,19-20,22-23,32,44-46,49H,7,16-18,21H2,1-6H3,(H,39,48)(H,40,47). The summed E-state index contributed by atoms with van der Waals surface area (Å²) in [6, 6.07) is 16.4. The smallest absolute Gasteiger partial charge is 0.289 e. The number of phenolic OH excluding ortho intramolecular Hbond substituents is 2. The number of aromatic nitrogens is 3. The zero-order chi connectivity index (χ0) is 36.4. The van der Waals surface area contributed by atoms with Crippen LogP contribution in [-0.4, -0.2) is 71.8 Å². The number of carbonyl (C=O) groups excluding carboxylic acids is 2. The molecule has 3 atom stereocenters. The van der Waals surface area contributed by atoms with Crippen LogP contribution in [0.1, 0.15) is 93.3 Å². The van der Waals surface area contributed by atoms with E-state index in [0.29, 0.717) is 53.3 Å². The van der Waals surface area contributed by atoms with E-state index in [1.807, 2.05) is 13.8 Å². The summed E-state index contributed by atoms with van der Waals surface area (Å²) in [6.07, 6.45) is 0.399. The second-order valence-electron chi connectivity index (χ2n) is 14.2. The summed E-state index contributed by atoms with van der Waals surface area (Å²) in [7, 11) is 0. The number of aromatic hydroxyl groups is 2. The minimum Gasteiger partial charge on any atom is -0.508 e. The molecule has 1 fully saturated rings. The monoisotopic (exact) mass is 685 g/mol. The van der Waals surface area contributed by atoms with Crippen molar-refractivity contribution in [1.82, 2.24) is 25.4 Å². The molecule has 0 radical (unpaired) electrons. The Morgan fingerprint density at radius 1 is 0.960 bits per heavy atom. The third-order valence-corrected chi connectivity index (χ3v) is 9.79. The van der Waals surface area contributed by atoms with Gasteiger partial charge in [-0.05, 0) is 104 Å². The lowest BCUT2D eigenvalue weighted by Gasteiger charge is -2.48. The maximum atomic E-state index is 13.0. The Bertz CT molecular complexity index is 1840. The predicted octanol–water partition coefficient (Wildman–Crippen LogP) is 5.68. The lowest BCUT2D eigenvalue weighted by atomic mass is 9.62. The molecule has 12 heteroatoms. The van der Waals surface area contributed by atoms with Gasteiger partial charge in [-0.2, -0.15) is 0 Å². The fourth-order valence-corrected chi connectivity index (χ4v) is 6.50. The van der Waals surface area contributed by atoms with Crippen molar-refractivity contribution in [2.75, 3.05) is 13.1 Å². The second-order valence-corrected chi connectivity index (χ2v) is 14.2. The summed E-state index contributed by atoms with van der Waals surface area (Å²) in [5.74, 6) is 0.472. The Morgan fingerprint density at radius 3 is 2.22 bits per heavy atom. The van der Waals surface area contributed by atoms with E-state index in [1.165, 1.54) is 10.6 Å². The SMILES string of the molecule is CCNC(=O)c1nnc(-c2cc(C(C)C)c(O)cc2O)n1-c1ccc(Oc2ccc(C(=O)NCCC3(O)CC(C)(C)C(C)CC3O)cc2)cc1. The highest BCUT2D eigenvalue weighted by molar-refractivity contribution is 5.94. The Kier molecular flexibility index (Phi) is 10.5. The molecule has 1 saturated carbocycles. The topological polar surface area (TPSA) is 179 Å². The third-order valence-electron chi connectivity index (χ3n) is 9.79. The average molecular weight is 686 g/mol. The van der Waals surface area contributed by atoms with Crippen LogP contribution in [0.4, 0.5) is 0 Å². The molecular weight excluding hydrogens is 638 g/mol. The van der Waals surface area contributed by atoms with Crippen LogP contribution < -0.4 is 15.4 Å². The van der Waals surface area contributed by atoms with Gasteiger partial charge in [-0.25, -0.2) is 0 Å². The highest BCUT2D eigenvalue weighted by atomic mass is 16.5. The molecule has 1 aromatic heterocycles. The lowest BCUT2D eigenvalue weighted by molar-refractivity contribution is -0.148. The number of aliphatic hydroxyl groups is 2. The Morgan fingerprint density at radius 2 is 1.60 bits per heavy atom. The fourth-order valence-electron chi connectivity index (χ4n) is 6.50. The number of phenols is 2. The van der Waals surface area contributed by atoms with Crippen molar-refractivity contribution in [3.05, 3.63) is 77.6 Å². The van der Waals surface area contributed by atoms with Gasteiger partial charge in [0.05, 0.1) is 17.3 Å². The zero-order valence-corrected chi connectivity index (χ0v) is 29.4. The molecule has 3 unspecified atom stereocenters. The van der Waals surface area contributed by atoms with E-state index >= 15 is 0 Å². The van der Waals surface area contributed by atoms with Crippen molar-refractivity contribution in [1.29, 1.82) is 0 Å². The van der Waals surface area contributed by atoms with Gasteiger partial charge in [0.15, 0.2) is 5.82 Å². The van der Waals surface area contributed by atoms with Gasteiger partial charge < -0.3 is 35.8 Å². The van der Waals surface area contributed by atoms with Crippen molar-refractivity contribution in [2.45, 2.75) is 78.4 Å². The van der Waals surface area contributed by atoms with Gasteiger partial charge in [-0.1, -0.05) is 34.6 Å². The minimum absolute atomic E-state index is 0.0190. The molecule has 1 heterocycles. The maximum absolute atomic E-state index is 13.0. The van der Waals surface area contributed by atoms with Gasteiger partial charge >= 0.3 is 0 Å². The van der Waals surface area contributed by atoms with E-state index < -0.39 is 17.6 Å². The van der Waals surface area contributed by atoms with Gasteiger partial charge in [-0.3, -0.25) is 14.2 Å². The van der Waals surface area contributed by atoms with E-state index in [-0.39, 0.29) is 59.3 Å². The number of hydrogen-bond donors (Lipinski definition) is 6. The van der Waals surface area contributed by atoms with Crippen molar-refractivity contribution < 1.29 is 34.8 Å². The summed E-state index contributed by atoms with van der Waals surface area (Å²) >= 11 is 0.